The molecule has 0 spiro atoms. The summed E-state index contributed by atoms with van der Waals surface area (Å²) in [5.41, 5.74) is 6.10. The first-order valence-corrected chi connectivity index (χ1v) is 8.91. The van der Waals surface area contributed by atoms with Crippen LogP contribution >= 0.6 is 8.38 Å². The normalized spacial score (nSPS) is 27.3. The van der Waals surface area contributed by atoms with Crippen molar-refractivity contribution in [2.75, 3.05) is 19.2 Å². The Balaban J connectivity index is 1.95. The average Bonchev–Trinajstić information content (AvgIpc) is 3.09. The topological polar surface area (TPSA) is 174 Å². The zero-order valence-electron chi connectivity index (χ0n) is 13.9. The maximum absolute atomic E-state index is 12.1. The summed E-state index contributed by atoms with van der Waals surface area (Å²) in [6.07, 6.45) is -3.39. The first-order valence-electron chi connectivity index (χ1n) is 7.51. The number of H-pyrrole nitrogens is 1. The van der Waals surface area contributed by atoms with Crippen LogP contribution in [0.3, 0.4) is 0 Å². The van der Waals surface area contributed by atoms with Crippen molar-refractivity contribution in [2.45, 2.75) is 31.6 Å². The van der Waals surface area contributed by atoms with Crippen LogP contribution in [-0.2, 0) is 19.0 Å². The van der Waals surface area contributed by atoms with Crippen LogP contribution in [0.25, 0.3) is 11.0 Å². The number of aromatic amines is 1. The van der Waals surface area contributed by atoms with Gasteiger partial charge in [-0.3, -0.25) is 9.78 Å². The predicted octanol–water partition coefficient (Wildman–Crippen LogP) is -0.952. The highest BCUT2D eigenvalue weighted by molar-refractivity contribution is 7.45. The predicted molar refractivity (Wildman–Crippen MR) is 88.6 cm³/mol. The van der Waals surface area contributed by atoms with Gasteiger partial charge < -0.3 is 34.9 Å². The third-order valence-corrected chi connectivity index (χ3v) is 4.45. The van der Waals surface area contributed by atoms with E-state index in [-0.39, 0.29) is 11.6 Å². The van der Waals surface area contributed by atoms with E-state index in [4.69, 9.17) is 25.2 Å². The largest absolute Gasteiger partial charge is 0.387 e. The zero-order chi connectivity index (χ0) is 19.0. The third kappa shape index (κ3) is 3.33. The second kappa shape index (κ2) is 7.55. The van der Waals surface area contributed by atoms with Gasteiger partial charge in [0.25, 0.3) is 5.56 Å². The number of aliphatic hydroxyl groups excluding tert-OH is 2. The highest BCUT2D eigenvalue weighted by Gasteiger charge is 2.47. The van der Waals surface area contributed by atoms with Gasteiger partial charge in [0, 0.05) is 13.3 Å². The van der Waals surface area contributed by atoms with Crippen molar-refractivity contribution in [1.29, 1.82) is 0 Å². The standard InChI is InChI=1S/C13H19N4O8P/c1-5-3-17(9-6(5)10(20)16-13(14)15-9)11-8(22-2)7(19)12(23-11)24-25-26(21)4-18/h3,7-8,11-12,18-19,21H,4H2,1-2H3,(H3,14,15,16,20)/t7?,8-,11+,12+,26?/m0/s1. The van der Waals surface area contributed by atoms with E-state index in [1.807, 2.05) is 0 Å². The van der Waals surface area contributed by atoms with Gasteiger partial charge in [-0.1, -0.05) is 0 Å². The lowest BCUT2D eigenvalue weighted by Gasteiger charge is -2.20. The Morgan fingerprint density at radius 3 is 2.92 bits per heavy atom. The number of nitrogens with one attached hydrogen (secondary N) is 1. The Bertz CT molecular complexity index is 841. The van der Waals surface area contributed by atoms with Crippen molar-refractivity contribution in [1.82, 2.24) is 14.5 Å². The number of rotatable bonds is 6. The monoisotopic (exact) mass is 390 g/mol. The van der Waals surface area contributed by atoms with Gasteiger partial charge in [0.05, 0.1) is 5.39 Å². The Morgan fingerprint density at radius 2 is 2.27 bits per heavy atom. The minimum Gasteiger partial charge on any atom is -0.387 e. The van der Waals surface area contributed by atoms with Crippen molar-refractivity contribution in [3.63, 3.8) is 0 Å². The lowest BCUT2D eigenvalue weighted by Crippen LogP contribution is -2.34. The first kappa shape index (κ1) is 19.1. The molecule has 0 radical (unpaired) electrons. The smallest absolute Gasteiger partial charge is 0.262 e. The molecule has 0 aliphatic carbocycles. The number of aryl methyl sites for hydroxylation is 1. The van der Waals surface area contributed by atoms with Gasteiger partial charge in [-0.05, 0) is 12.5 Å². The van der Waals surface area contributed by atoms with Crippen LogP contribution in [0.4, 0.5) is 5.95 Å². The number of anilines is 1. The number of nitrogens with two attached hydrogens (primary N) is 1. The second-order valence-electron chi connectivity index (χ2n) is 5.62. The lowest BCUT2D eigenvalue weighted by atomic mass is 10.2. The fourth-order valence-electron chi connectivity index (χ4n) is 2.84. The summed E-state index contributed by atoms with van der Waals surface area (Å²) < 4.78 is 17.0. The molecule has 1 fully saturated rings. The highest BCUT2D eigenvalue weighted by atomic mass is 31.2. The molecule has 2 aromatic rings. The lowest BCUT2D eigenvalue weighted by molar-refractivity contribution is -0.332. The molecule has 6 N–H and O–H groups in total. The van der Waals surface area contributed by atoms with E-state index in [2.05, 4.69) is 14.6 Å². The highest BCUT2D eigenvalue weighted by Crippen LogP contribution is 2.37. The summed E-state index contributed by atoms with van der Waals surface area (Å²) in [7, 11) is -0.845. The van der Waals surface area contributed by atoms with Gasteiger partial charge >= 0.3 is 0 Å². The fraction of sp³-hybridized carbons (Fsp3) is 0.538. The molecule has 12 nitrogen and oxygen atoms in total. The zero-order valence-corrected chi connectivity index (χ0v) is 14.8. The molecule has 0 amide bonds. The van der Waals surface area contributed by atoms with Gasteiger partial charge in [0.1, 0.15) is 18.6 Å². The average molecular weight is 390 g/mol. The van der Waals surface area contributed by atoms with Gasteiger partial charge in [-0.25, -0.2) is 0 Å². The van der Waals surface area contributed by atoms with Crippen LogP contribution in [0.2, 0.25) is 0 Å². The molecular formula is C13H19N4O8P. The van der Waals surface area contributed by atoms with Crippen molar-refractivity contribution in [2.24, 2.45) is 0 Å². The van der Waals surface area contributed by atoms with Crippen molar-refractivity contribution >= 4 is 25.4 Å². The Morgan fingerprint density at radius 1 is 1.54 bits per heavy atom. The van der Waals surface area contributed by atoms with Crippen LogP contribution < -0.4 is 11.3 Å². The van der Waals surface area contributed by atoms with Gasteiger partial charge in [0.15, 0.2) is 11.9 Å². The molecule has 1 aliphatic rings. The second-order valence-corrected chi connectivity index (χ2v) is 6.76. The summed E-state index contributed by atoms with van der Waals surface area (Å²) >= 11 is 0. The van der Waals surface area contributed by atoms with Crippen molar-refractivity contribution < 1.29 is 34.1 Å². The van der Waals surface area contributed by atoms with E-state index in [0.29, 0.717) is 10.9 Å². The number of aromatic nitrogens is 3. The molecule has 144 valence electrons. The number of ether oxygens (including phenoxy) is 2. The number of fused-ring (bicyclic) bond motifs is 1. The summed E-state index contributed by atoms with van der Waals surface area (Å²) in [4.78, 5) is 32.8. The molecule has 0 saturated carbocycles. The minimum atomic E-state index is -2.21. The number of nitrogens with zero attached hydrogens (tertiary/aromatic N) is 2. The van der Waals surface area contributed by atoms with Crippen LogP contribution in [0, 0.1) is 6.92 Å². The molecule has 26 heavy (non-hydrogen) atoms. The molecular weight excluding hydrogens is 371 g/mol. The van der Waals surface area contributed by atoms with E-state index in [1.165, 1.54) is 11.7 Å². The Kier molecular flexibility index (Phi) is 5.55. The summed E-state index contributed by atoms with van der Waals surface area (Å²) in [5.74, 6) is -0.0700. The van der Waals surface area contributed by atoms with E-state index in [9.17, 15) is 14.8 Å². The molecule has 2 unspecified atom stereocenters. The number of hydrogen-bond donors (Lipinski definition) is 5. The molecule has 1 saturated heterocycles. The van der Waals surface area contributed by atoms with Gasteiger partial charge in [-0.2, -0.15) is 14.5 Å². The maximum Gasteiger partial charge on any atom is 0.262 e. The molecule has 13 heteroatoms. The Labute approximate surface area is 147 Å². The first-order chi connectivity index (χ1) is 12.4. The molecule has 3 heterocycles. The molecule has 0 bridgehead atoms. The summed E-state index contributed by atoms with van der Waals surface area (Å²) in [6, 6.07) is 0. The van der Waals surface area contributed by atoms with Crippen LogP contribution in [-0.4, -0.2) is 61.6 Å². The minimum absolute atomic E-state index is 0.0700. The summed E-state index contributed by atoms with van der Waals surface area (Å²) in [5, 5.41) is 19.4. The molecule has 3 rings (SSSR count). The van der Waals surface area contributed by atoms with Crippen molar-refractivity contribution in [3.05, 3.63) is 22.1 Å². The quantitative estimate of drug-likeness (QED) is 0.235. The molecule has 5 atom stereocenters. The number of methoxy groups -OCH3 is 1. The number of hydrogen-bond acceptors (Lipinski definition) is 10. The van der Waals surface area contributed by atoms with Gasteiger partial charge in [-0.15, -0.1) is 0 Å². The maximum atomic E-state index is 12.1. The van der Waals surface area contributed by atoms with E-state index in [0.717, 1.165) is 0 Å². The van der Waals surface area contributed by atoms with Crippen LogP contribution in [0.5, 0.6) is 0 Å². The SMILES string of the molecule is CO[C@H]1C(O)[C@@H](OOP(O)CO)O[C@H]1n1cc(C)c2c(=O)[nH]c(N)nc21. The van der Waals surface area contributed by atoms with Crippen LogP contribution in [0.15, 0.2) is 11.0 Å². The van der Waals surface area contributed by atoms with Gasteiger partial charge in [0.2, 0.25) is 20.6 Å². The third-order valence-electron chi connectivity index (χ3n) is 3.95. The summed E-state index contributed by atoms with van der Waals surface area (Å²) in [6.45, 7) is 1.72. The molecule has 1 aliphatic heterocycles. The Hall–Kier alpha value is -1.63. The number of nitrogen functional groups attached to an aromatic ring is 1. The van der Waals surface area contributed by atoms with E-state index >= 15 is 0 Å². The van der Waals surface area contributed by atoms with Crippen molar-refractivity contribution in [3.8, 4) is 0 Å². The van der Waals surface area contributed by atoms with Crippen LogP contribution in [0.1, 0.15) is 11.8 Å². The fourth-order valence-corrected chi connectivity index (χ4v) is 3.07. The molecule has 0 aromatic carbocycles. The molecule has 2 aromatic heterocycles. The van der Waals surface area contributed by atoms with E-state index < -0.39 is 45.0 Å². The van der Waals surface area contributed by atoms with E-state index in [1.54, 1.807) is 13.1 Å². The number of aliphatic hydroxyl groups is 2.